The molecule has 0 rings (SSSR count). The Labute approximate surface area is 137 Å². The molecule has 0 saturated carbocycles. The third-order valence-corrected chi connectivity index (χ3v) is 4.44. The van der Waals surface area contributed by atoms with Crippen molar-refractivity contribution in [2.75, 3.05) is 6.61 Å². The lowest BCUT2D eigenvalue weighted by molar-refractivity contribution is -0.122. The normalized spacial score (nSPS) is 15.6. The van der Waals surface area contributed by atoms with Gasteiger partial charge >= 0.3 is 0 Å². The zero-order valence-corrected chi connectivity index (χ0v) is 15.6. The minimum absolute atomic E-state index is 0.0211. The first-order valence-corrected chi connectivity index (χ1v) is 8.76. The number of Topliss-reactive ketones (excluding diaryl/α,β-unsaturated/α-hetero) is 1. The zero-order valence-electron chi connectivity index (χ0n) is 15.6. The molecule has 0 spiro atoms. The lowest BCUT2D eigenvalue weighted by Crippen LogP contribution is -2.21. The van der Waals surface area contributed by atoms with Crippen molar-refractivity contribution < 1.29 is 15.0 Å². The topological polar surface area (TPSA) is 57.5 Å². The molecular weight excluding hydrogens is 276 g/mol. The molecule has 3 heteroatoms. The van der Waals surface area contributed by atoms with E-state index in [0.717, 1.165) is 38.5 Å². The van der Waals surface area contributed by atoms with Crippen molar-refractivity contribution in [1.29, 1.82) is 0 Å². The molecule has 2 atom stereocenters. The number of hydrogen-bond acceptors (Lipinski definition) is 3. The fraction of sp³-hybridized carbons (Fsp3) is 0.947. The number of hydrogen-bond donors (Lipinski definition) is 2. The van der Waals surface area contributed by atoms with Gasteiger partial charge in [-0.3, -0.25) is 4.79 Å². The third-order valence-electron chi connectivity index (χ3n) is 4.44. The van der Waals surface area contributed by atoms with Crippen LogP contribution in [0.2, 0.25) is 0 Å². The maximum Gasteiger partial charge on any atom is 0.133 e. The van der Waals surface area contributed by atoms with Crippen LogP contribution in [-0.2, 0) is 4.79 Å². The molecule has 0 aliphatic heterocycles. The van der Waals surface area contributed by atoms with Crippen LogP contribution < -0.4 is 0 Å². The third kappa shape index (κ3) is 11.2. The van der Waals surface area contributed by atoms with Crippen LogP contribution in [0, 0.1) is 16.7 Å². The van der Waals surface area contributed by atoms with Gasteiger partial charge < -0.3 is 10.2 Å². The number of carbonyl (C=O) groups is 1. The molecule has 0 aromatic heterocycles. The highest BCUT2D eigenvalue weighted by atomic mass is 16.3. The van der Waals surface area contributed by atoms with Gasteiger partial charge in [0.25, 0.3) is 0 Å². The standard InChI is InChI=1S/C19H38O3/c1-15(21)16(9-7-8-11-19(5,6)14-20)13-17(22)10-12-18(2,3)4/h16-17,20,22H,7-14H2,1-6H3. The maximum absolute atomic E-state index is 11.8. The molecule has 0 aliphatic rings. The minimum atomic E-state index is -0.373. The van der Waals surface area contributed by atoms with Gasteiger partial charge in [0.15, 0.2) is 0 Å². The molecule has 0 fully saturated rings. The summed E-state index contributed by atoms with van der Waals surface area (Å²) in [4.78, 5) is 11.8. The van der Waals surface area contributed by atoms with Crippen LogP contribution >= 0.6 is 0 Å². The molecule has 0 aliphatic carbocycles. The van der Waals surface area contributed by atoms with E-state index in [1.54, 1.807) is 6.92 Å². The van der Waals surface area contributed by atoms with Crippen LogP contribution in [-0.4, -0.2) is 28.7 Å². The second kappa shape index (κ2) is 9.67. The molecule has 0 amide bonds. The van der Waals surface area contributed by atoms with Gasteiger partial charge in [-0.25, -0.2) is 0 Å². The van der Waals surface area contributed by atoms with Crippen LogP contribution in [0.25, 0.3) is 0 Å². The molecule has 0 aromatic rings. The smallest absolute Gasteiger partial charge is 0.133 e. The lowest BCUT2D eigenvalue weighted by atomic mass is 9.84. The molecule has 0 bridgehead atoms. The average molecular weight is 315 g/mol. The van der Waals surface area contributed by atoms with E-state index in [-0.39, 0.29) is 35.2 Å². The van der Waals surface area contributed by atoms with E-state index in [1.165, 1.54) is 0 Å². The molecule has 0 radical (unpaired) electrons. The van der Waals surface area contributed by atoms with Crippen LogP contribution in [0.3, 0.4) is 0 Å². The van der Waals surface area contributed by atoms with Crippen LogP contribution in [0.1, 0.15) is 86.5 Å². The Morgan fingerprint density at radius 1 is 1.00 bits per heavy atom. The van der Waals surface area contributed by atoms with Gasteiger partial charge in [0.05, 0.1) is 6.10 Å². The van der Waals surface area contributed by atoms with E-state index in [1.807, 2.05) is 0 Å². The summed E-state index contributed by atoms with van der Waals surface area (Å²) in [6.07, 6.45) is 5.80. The summed E-state index contributed by atoms with van der Waals surface area (Å²) < 4.78 is 0. The number of carbonyl (C=O) groups excluding carboxylic acids is 1. The summed E-state index contributed by atoms with van der Waals surface area (Å²) in [6, 6.07) is 0. The number of aliphatic hydroxyl groups is 2. The molecule has 22 heavy (non-hydrogen) atoms. The summed E-state index contributed by atoms with van der Waals surface area (Å²) in [5, 5.41) is 19.4. The first-order chi connectivity index (χ1) is 9.97. The highest BCUT2D eigenvalue weighted by molar-refractivity contribution is 5.78. The fourth-order valence-corrected chi connectivity index (χ4v) is 2.61. The summed E-state index contributed by atoms with van der Waals surface area (Å²) in [7, 11) is 0. The van der Waals surface area contributed by atoms with E-state index in [2.05, 4.69) is 34.6 Å². The molecule has 0 heterocycles. The number of rotatable bonds is 11. The predicted octanol–water partition coefficient (Wildman–Crippen LogP) is 4.35. The number of aliphatic hydroxyl groups excluding tert-OH is 2. The molecule has 3 nitrogen and oxygen atoms in total. The van der Waals surface area contributed by atoms with Gasteiger partial charge in [-0.2, -0.15) is 0 Å². The van der Waals surface area contributed by atoms with Crippen molar-refractivity contribution in [3.63, 3.8) is 0 Å². The SMILES string of the molecule is CC(=O)C(CCCCC(C)(C)CO)CC(O)CCC(C)(C)C. The van der Waals surface area contributed by atoms with Crippen molar-refractivity contribution in [3.05, 3.63) is 0 Å². The Morgan fingerprint density at radius 2 is 1.59 bits per heavy atom. The monoisotopic (exact) mass is 314 g/mol. The van der Waals surface area contributed by atoms with Gasteiger partial charge in [0, 0.05) is 12.5 Å². The first kappa shape index (κ1) is 21.6. The van der Waals surface area contributed by atoms with Crippen molar-refractivity contribution in [2.45, 2.75) is 92.6 Å². The van der Waals surface area contributed by atoms with Crippen LogP contribution in [0.5, 0.6) is 0 Å². The Kier molecular flexibility index (Phi) is 9.49. The highest BCUT2D eigenvalue weighted by Gasteiger charge is 2.21. The molecule has 132 valence electrons. The summed E-state index contributed by atoms with van der Waals surface area (Å²) in [6.45, 7) is 12.5. The minimum Gasteiger partial charge on any atom is -0.396 e. The first-order valence-electron chi connectivity index (χ1n) is 8.76. The quantitative estimate of drug-likeness (QED) is 0.557. The maximum atomic E-state index is 11.8. The van der Waals surface area contributed by atoms with E-state index >= 15 is 0 Å². The number of ketones is 1. The fourth-order valence-electron chi connectivity index (χ4n) is 2.61. The predicted molar refractivity (Wildman–Crippen MR) is 92.8 cm³/mol. The molecule has 2 unspecified atom stereocenters. The van der Waals surface area contributed by atoms with Gasteiger partial charge in [-0.15, -0.1) is 0 Å². The van der Waals surface area contributed by atoms with Crippen molar-refractivity contribution in [1.82, 2.24) is 0 Å². The second-order valence-electron chi connectivity index (χ2n) is 8.86. The average Bonchev–Trinajstić information content (AvgIpc) is 2.38. The molecule has 0 aromatic carbocycles. The van der Waals surface area contributed by atoms with Crippen LogP contribution in [0.15, 0.2) is 0 Å². The molecule has 2 N–H and O–H groups in total. The van der Waals surface area contributed by atoms with E-state index in [9.17, 15) is 15.0 Å². The van der Waals surface area contributed by atoms with Crippen molar-refractivity contribution in [3.8, 4) is 0 Å². The zero-order chi connectivity index (χ0) is 17.4. The highest BCUT2D eigenvalue weighted by Crippen LogP contribution is 2.27. The largest absolute Gasteiger partial charge is 0.396 e. The molecular formula is C19H38O3. The summed E-state index contributed by atoms with van der Waals surface area (Å²) in [5.41, 5.74) is 0.195. The van der Waals surface area contributed by atoms with E-state index in [4.69, 9.17) is 0 Å². The van der Waals surface area contributed by atoms with Crippen LogP contribution in [0.4, 0.5) is 0 Å². The Balaban J connectivity index is 4.14. The van der Waals surface area contributed by atoms with Crippen molar-refractivity contribution >= 4 is 5.78 Å². The van der Waals surface area contributed by atoms with Gasteiger partial charge in [0.2, 0.25) is 0 Å². The van der Waals surface area contributed by atoms with E-state index in [0.29, 0.717) is 6.42 Å². The number of unbranched alkanes of at least 4 members (excludes halogenated alkanes) is 1. The van der Waals surface area contributed by atoms with Gasteiger partial charge in [-0.1, -0.05) is 47.5 Å². The Hall–Kier alpha value is -0.410. The van der Waals surface area contributed by atoms with Gasteiger partial charge in [0.1, 0.15) is 5.78 Å². The Bertz CT molecular complexity index is 315. The van der Waals surface area contributed by atoms with Crippen molar-refractivity contribution in [2.24, 2.45) is 16.7 Å². The Morgan fingerprint density at radius 3 is 2.05 bits per heavy atom. The summed E-state index contributed by atoms with van der Waals surface area (Å²) >= 11 is 0. The van der Waals surface area contributed by atoms with E-state index < -0.39 is 0 Å². The van der Waals surface area contributed by atoms with Gasteiger partial charge in [-0.05, 0) is 49.9 Å². The molecule has 0 saturated heterocycles. The second-order valence-corrected chi connectivity index (χ2v) is 8.86. The lowest BCUT2D eigenvalue weighted by Gasteiger charge is -2.24. The summed E-state index contributed by atoms with van der Waals surface area (Å²) in [5.74, 6) is 0.170.